The molecule has 33 heavy (non-hydrogen) atoms. The molecule has 0 saturated heterocycles. The molecule has 6 nitrogen and oxygen atoms in total. The fourth-order valence-corrected chi connectivity index (χ4v) is 3.78. The Morgan fingerprint density at radius 3 is 2.48 bits per heavy atom. The Morgan fingerprint density at radius 2 is 1.85 bits per heavy atom. The van der Waals surface area contributed by atoms with Crippen molar-refractivity contribution in [3.8, 4) is 11.3 Å². The molecule has 1 amide bonds. The molecule has 0 spiro atoms. The first-order valence-electron chi connectivity index (χ1n) is 10.4. The largest absolute Gasteiger partial charge is 0.340 e. The monoisotopic (exact) mass is 493 g/mol. The third-order valence-corrected chi connectivity index (χ3v) is 5.89. The lowest BCUT2D eigenvalue weighted by atomic mass is 10.0. The van der Waals surface area contributed by atoms with E-state index in [9.17, 15) is 13.6 Å². The Kier molecular flexibility index (Phi) is 7.66. The normalized spacial score (nSPS) is 14.0. The fraction of sp³-hybridized carbons (Fsp3) is 0.304. The smallest absolute Gasteiger partial charge is 0.240 e. The van der Waals surface area contributed by atoms with Crippen molar-refractivity contribution in [1.29, 1.82) is 0 Å². The number of anilines is 2. The van der Waals surface area contributed by atoms with Crippen molar-refractivity contribution in [3.63, 3.8) is 0 Å². The average molecular weight is 494 g/mol. The van der Waals surface area contributed by atoms with Crippen molar-refractivity contribution in [2.45, 2.75) is 33.0 Å². The summed E-state index contributed by atoms with van der Waals surface area (Å²) in [6, 6.07) is 9.84. The first-order valence-corrected chi connectivity index (χ1v) is 10.7. The molecule has 0 aliphatic carbocycles. The van der Waals surface area contributed by atoms with Crippen molar-refractivity contribution in [2.24, 2.45) is 11.7 Å². The van der Waals surface area contributed by atoms with Crippen LogP contribution >= 0.6 is 25.1 Å². The molecule has 0 saturated carbocycles. The van der Waals surface area contributed by atoms with Gasteiger partial charge in [0.1, 0.15) is 29.0 Å². The number of rotatable bonds is 5. The molecule has 4 rings (SSSR count). The van der Waals surface area contributed by atoms with Gasteiger partial charge in [-0.05, 0) is 48.4 Å². The topological polar surface area (TPSA) is 76.2 Å². The van der Waals surface area contributed by atoms with E-state index in [1.54, 1.807) is 23.1 Å². The molecule has 1 atom stereocenters. The molecule has 0 bridgehead atoms. The molecule has 0 fully saturated rings. The van der Waals surface area contributed by atoms with Crippen LogP contribution in [0.5, 0.6) is 0 Å². The number of carbonyl (C=O) groups is 1. The van der Waals surface area contributed by atoms with E-state index in [4.69, 9.17) is 22.3 Å². The van der Waals surface area contributed by atoms with Gasteiger partial charge >= 0.3 is 0 Å². The summed E-state index contributed by atoms with van der Waals surface area (Å²) in [6.07, 6.45) is 0. The van der Waals surface area contributed by atoms with Gasteiger partial charge in [-0.3, -0.25) is 4.79 Å². The van der Waals surface area contributed by atoms with Crippen molar-refractivity contribution in [3.05, 3.63) is 64.9 Å². The van der Waals surface area contributed by atoms with Crippen LogP contribution in [0.25, 0.3) is 11.3 Å². The quantitative estimate of drug-likeness (QED) is 0.542. The van der Waals surface area contributed by atoms with Gasteiger partial charge in [0.05, 0.1) is 17.6 Å². The standard InChI is InChI=1S/C23H24ClF2N5O.H2S/c1-13(2)20(27)23(32)30-9-10-31-19(12-30)29-21(14-3-5-15(25)6-4-14)22(31)28-16-7-8-17(24)18(26)11-16;/h3-8,11,13,20,28H,9-10,12,27H2,1-2H3;1H2/t20-;/m0./s1. The van der Waals surface area contributed by atoms with Crippen LogP contribution in [0.3, 0.4) is 0 Å². The van der Waals surface area contributed by atoms with Crippen LogP contribution in [-0.4, -0.2) is 32.9 Å². The Bertz CT molecular complexity index is 1150. The van der Waals surface area contributed by atoms with Crippen LogP contribution in [0, 0.1) is 17.6 Å². The Morgan fingerprint density at radius 1 is 1.15 bits per heavy atom. The van der Waals surface area contributed by atoms with Crippen molar-refractivity contribution < 1.29 is 13.6 Å². The van der Waals surface area contributed by atoms with E-state index < -0.39 is 11.9 Å². The Hall–Kier alpha value is -2.62. The lowest BCUT2D eigenvalue weighted by Crippen LogP contribution is -2.49. The van der Waals surface area contributed by atoms with Crippen LogP contribution in [0.15, 0.2) is 42.5 Å². The van der Waals surface area contributed by atoms with Gasteiger partial charge in [0.15, 0.2) is 0 Å². The second kappa shape index (κ2) is 10.1. The number of aromatic nitrogens is 2. The van der Waals surface area contributed by atoms with E-state index in [1.807, 2.05) is 18.4 Å². The van der Waals surface area contributed by atoms with E-state index in [1.165, 1.54) is 24.3 Å². The van der Waals surface area contributed by atoms with Gasteiger partial charge < -0.3 is 20.5 Å². The molecule has 10 heteroatoms. The summed E-state index contributed by atoms with van der Waals surface area (Å²) in [7, 11) is 0. The van der Waals surface area contributed by atoms with Gasteiger partial charge in [0, 0.05) is 24.3 Å². The molecule has 3 aromatic rings. The summed E-state index contributed by atoms with van der Waals surface area (Å²) < 4.78 is 29.4. The van der Waals surface area contributed by atoms with E-state index in [2.05, 4.69) is 5.32 Å². The number of carbonyl (C=O) groups excluding carboxylic acids is 1. The Balaban J connectivity index is 0.00000306. The van der Waals surface area contributed by atoms with E-state index in [-0.39, 0.29) is 36.2 Å². The van der Waals surface area contributed by atoms with Gasteiger partial charge in [0.25, 0.3) is 0 Å². The number of nitrogens with one attached hydrogen (secondary N) is 1. The number of hydrogen-bond donors (Lipinski definition) is 2. The number of benzene rings is 2. The second-order valence-electron chi connectivity index (χ2n) is 8.17. The van der Waals surface area contributed by atoms with Crippen molar-refractivity contribution >= 4 is 42.5 Å². The number of hydrogen-bond acceptors (Lipinski definition) is 4. The summed E-state index contributed by atoms with van der Waals surface area (Å²) in [6.45, 7) is 5.07. The molecule has 2 heterocycles. The maximum Gasteiger partial charge on any atom is 0.240 e. The molecule has 2 aromatic carbocycles. The summed E-state index contributed by atoms with van der Waals surface area (Å²) in [5, 5.41) is 3.25. The van der Waals surface area contributed by atoms with Gasteiger partial charge in [-0.2, -0.15) is 13.5 Å². The highest BCUT2D eigenvalue weighted by molar-refractivity contribution is 7.59. The highest BCUT2D eigenvalue weighted by atomic mass is 35.5. The molecule has 3 N–H and O–H groups in total. The second-order valence-corrected chi connectivity index (χ2v) is 8.57. The van der Waals surface area contributed by atoms with E-state index >= 15 is 0 Å². The van der Waals surface area contributed by atoms with Crippen molar-refractivity contribution in [1.82, 2.24) is 14.5 Å². The van der Waals surface area contributed by atoms with Crippen LogP contribution in [0.2, 0.25) is 5.02 Å². The maximum absolute atomic E-state index is 14.0. The minimum Gasteiger partial charge on any atom is -0.340 e. The number of nitrogens with zero attached hydrogens (tertiary/aromatic N) is 3. The minimum absolute atomic E-state index is 0. The van der Waals surface area contributed by atoms with Gasteiger partial charge in [-0.25, -0.2) is 13.8 Å². The van der Waals surface area contributed by atoms with Gasteiger partial charge in [0.2, 0.25) is 5.91 Å². The van der Waals surface area contributed by atoms with Gasteiger partial charge in [-0.15, -0.1) is 0 Å². The predicted molar refractivity (Wildman–Crippen MR) is 131 cm³/mol. The highest BCUT2D eigenvalue weighted by Crippen LogP contribution is 2.34. The fourth-order valence-electron chi connectivity index (χ4n) is 3.66. The molecule has 0 unspecified atom stereocenters. The number of amides is 1. The summed E-state index contributed by atoms with van der Waals surface area (Å²) in [4.78, 5) is 19.2. The van der Waals surface area contributed by atoms with E-state index in [0.29, 0.717) is 48.2 Å². The third kappa shape index (κ3) is 5.15. The summed E-state index contributed by atoms with van der Waals surface area (Å²) >= 11 is 5.81. The van der Waals surface area contributed by atoms with Crippen LogP contribution < -0.4 is 11.1 Å². The molecule has 0 radical (unpaired) electrons. The first kappa shape index (κ1) is 25.0. The first-order chi connectivity index (χ1) is 15.2. The molecule has 1 aromatic heterocycles. The third-order valence-electron chi connectivity index (χ3n) is 5.59. The van der Waals surface area contributed by atoms with E-state index in [0.717, 1.165) is 0 Å². The summed E-state index contributed by atoms with van der Waals surface area (Å²) in [5.41, 5.74) is 7.84. The number of nitrogens with two attached hydrogens (primary N) is 1. The molecule has 1 aliphatic heterocycles. The lowest BCUT2D eigenvalue weighted by Gasteiger charge is -2.31. The SMILES string of the molecule is CC(C)[C@H](N)C(=O)N1CCn2c(nc(-c3ccc(F)cc3)c2Nc2ccc(Cl)c(F)c2)C1.S. The number of halogens is 3. The zero-order chi connectivity index (χ0) is 23.0. The minimum atomic E-state index is -0.581. The van der Waals surface area contributed by atoms with Crippen LogP contribution in [-0.2, 0) is 17.9 Å². The molecule has 176 valence electrons. The van der Waals surface area contributed by atoms with Crippen molar-refractivity contribution in [2.75, 3.05) is 11.9 Å². The molecular formula is C23H26ClF2N5OS. The van der Waals surface area contributed by atoms with Gasteiger partial charge in [-0.1, -0.05) is 25.4 Å². The molecular weight excluding hydrogens is 468 g/mol. The highest BCUT2D eigenvalue weighted by Gasteiger charge is 2.30. The zero-order valence-electron chi connectivity index (χ0n) is 18.3. The maximum atomic E-state index is 14.0. The molecule has 1 aliphatic rings. The lowest BCUT2D eigenvalue weighted by molar-refractivity contribution is -0.135. The predicted octanol–water partition coefficient (Wildman–Crippen LogP) is 4.66. The summed E-state index contributed by atoms with van der Waals surface area (Å²) in [5.74, 6) is 0.303. The number of imidazole rings is 1. The van der Waals surface area contributed by atoms with Crippen LogP contribution in [0.1, 0.15) is 19.7 Å². The van der Waals surface area contributed by atoms with Crippen LogP contribution in [0.4, 0.5) is 20.3 Å². The zero-order valence-corrected chi connectivity index (χ0v) is 20.0. The average Bonchev–Trinajstić information content (AvgIpc) is 3.13. The number of fused-ring (bicyclic) bond motifs is 1. The Labute approximate surface area is 203 Å².